The number of aliphatic hydroxyl groups is 1. The van der Waals surface area contributed by atoms with Crippen LogP contribution in [0.4, 0.5) is 0 Å². The molecule has 0 aromatic heterocycles. The van der Waals surface area contributed by atoms with Crippen molar-refractivity contribution in [1.82, 2.24) is 0 Å². The summed E-state index contributed by atoms with van der Waals surface area (Å²) in [5.41, 5.74) is 1.81. The highest BCUT2D eigenvalue weighted by atomic mass is 79.9. The molecule has 0 heterocycles. The van der Waals surface area contributed by atoms with Crippen molar-refractivity contribution in [2.24, 2.45) is 0 Å². The van der Waals surface area contributed by atoms with Crippen LogP contribution >= 0.6 is 31.9 Å². The lowest BCUT2D eigenvalue weighted by molar-refractivity contribution is 0.177. The van der Waals surface area contributed by atoms with Crippen LogP contribution in [0.25, 0.3) is 0 Å². The number of hydrogen-bond donors (Lipinski definition) is 1. The van der Waals surface area contributed by atoms with Gasteiger partial charge in [0.15, 0.2) is 11.5 Å². The highest BCUT2D eigenvalue weighted by molar-refractivity contribution is 9.10. The van der Waals surface area contributed by atoms with E-state index in [4.69, 9.17) is 9.47 Å². The Morgan fingerprint density at radius 1 is 1.00 bits per heavy atom. The van der Waals surface area contributed by atoms with Crippen molar-refractivity contribution in [3.8, 4) is 11.5 Å². The molecule has 5 heteroatoms. The first-order valence-electron chi connectivity index (χ1n) is 6.39. The number of benzene rings is 2. The molecule has 3 nitrogen and oxygen atoms in total. The van der Waals surface area contributed by atoms with Gasteiger partial charge in [-0.2, -0.15) is 0 Å². The third-order valence-corrected chi connectivity index (χ3v) is 4.69. The summed E-state index contributed by atoms with van der Waals surface area (Å²) in [5.74, 6) is 1.23. The maximum absolute atomic E-state index is 10.5. The monoisotopic (exact) mass is 414 g/mol. The molecule has 112 valence electrons. The van der Waals surface area contributed by atoms with E-state index in [-0.39, 0.29) is 0 Å². The molecule has 1 unspecified atom stereocenters. The molecule has 0 bridgehead atoms. The predicted octanol–water partition coefficient (Wildman–Crippen LogP) is 4.50. The number of hydrogen-bond acceptors (Lipinski definition) is 3. The van der Waals surface area contributed by atoms with Crippen LogP contribution < -0.4 is 9.47 Å². The molecule has 0 saturated heterocycles. The molecular weight excluding hydrogens is 400 g/mol. The third-order valence-electron chi connectivity index (χ3n) is 3.23. The zero-order valence-electron chi connectivity index (χ0n) is 11.8. The van der Waals surface area contributed by atoms with Gasteiger partial charge in [0.2, 0.25) is 0 Å². The van der Waals surface area contributed by atoms with Gasteiger partial charge < -0.3 is 14.6 Å². The van der Waals surface area contributed by atoms with Gasteiger partial charge in [-0.05, 0) is 29.3 Å². The van der Waals surface area contributed by atoms with Crippen molar-refractivity contribution in [2.45, 2.75) is 12.5 Å². The fourth-order valence-corrected chi connectivity index (χ4v) is 3.14. The lowest BCUT2D eigenvalue weighted by atomic mass is 10.0. The Morgan fingerprint density at radius 2 is 1.62 bits per heavy atom. The lowest BCUT2D eigenvalue weighted by Gasteiger charge is -2.17. The van der Waals surface area contributed by atoms with Crippen LogP contribution in [0.1, 0.15) is 17.2 Å². The van der Waals surface area contributed by atoms with Gasteiger partial charge in [-0.1, -0.05) is 50.1 Å². The summed E-state index contributed by atoms with van der Waals surface area (Å²) in [6, 6.07) is 11.5. The topological polar surface area (TPSA) is 38.7 Å². The smallest absolute Gasteiger partial charge is 0.161 e. The van der Waals surface area contributed by atoms with E-state index >= 15 is 0 Å². The Balaban J connectivity index is 2.31. The van der Waals surface area contributed by atoms with E-state index in [0.717, 1.165) is 20.1 Å². The first-order chi connectivity index (χ1) is 10.1. The molecule has 21 heavy (non-hydrogen) atoms. The fourth-order valence-electron chi connectivity index (χ4n) is 2.11. The highest BCUT2D eigenvalue weighted by Gasteiger charge is 2.17. The molecule has 0 aliphatic heterocycles. The third kappa shape index (κ3) is 3.78. The van der Waals surface area contributed by atoms with Gasteiger partial charge in [-0.25, -0.2) is 0 Å². The van der Waals surface area contributed by atoms with Crippen molar-refractivity contribution in [3.05, 3.63) is 56.5 Å². The van der Waals surface area contributed by atoms with Crippen molar-refractivity contribution in [1.29, 1.82) is 0 Å². The molecule has 0 aliphatic rings. The summed E-state index contributed by atoms with van der Waals surface area (Å²) in [4.78, 5) is 0. The molecule has 1 atom stereocenters. The molecule has 1 N–H and O–H groups in total. The van der Waals surface area contributed by atoms with E-state index in [1.165, 1.54) is 0 Å². The SMILES string of the molecule is COc1cc(Br)c(C(O)Cc2ccccc2Br)cc1OC. The Morgan fingerprint density at radius 3 is 2.24 bits per heavy atom. The van der Waals surface area contributed by atoms with Crippen molar-refractivity contribution >= 4 is 31.9 Å². The molecular formula is C16H16Br2O3. The van der Waals surface area contributed by atoms with Gasteiger partial charge in [-0.15, -0.1) is 0 Å². The van der Waals surface area contributed by atoms with E-state index in [0.29, 0.717) is 17.9 Å². The number of methoxy groups -OCH3 is 2. The lowest BCUT2D eigenvalue weighted by Crippen LogP contribution is -2.04. The molecule has 0 radical (unpaired) electrons. The number of rotatable bonds is 5. The fraction of sp³-hybridized carbons (Fsp3) is 0.250. The van der Waals surface area contributed by atoms with Crippen LogP contribution in [-0.4, -0.2) is 19.3 Å². The summed E-state index contributed by atoms with van der Waals surface area (Å²) >= 11 is 6.98. The molecule has 0 spiro atoms. The summed E-state index contributed by atoms with van der Waals surface area (Å²) < 4.78 is 12.3. The average Bonchev–Trinajstić information content (AvgIpc) is 2.49. The second kappa shape index (κ2) is 7.29. The van der Waals surface area contributed by atoms with E-state index in [1.807, 2.05) is 24.3 Å². The van der Waals surface area contributed by atoms with Gasteiger partial charge in [0.25, 0.3) is 0 Å². The van der Waals surface area contributed by atoms with Crippen LogP contribution in [-0.2, 0) is 6.42 Å². The van der Waals surface area contributed by atoms with Crippen molar-refractivity contribution < 1.29 is 14.6 Å². The summed E-state index contributed by atoms with van der Waals surface area (Å²) in [6.07, 6.45) is -0.131. The summed E-state index contributed by atoms with van der Waals surface area (Å²) in [7, 11) is 3.16. The predicted molar refractivity (Wildman–Crippen MR) is 90.1 cm³/mol. The van der Waals surface area contributed by atoms with E-state index in [9.17, 15) is 5.11 Å². The van der Waals surface area contributed by atoms with Crippen molar-refractivity contribution in [2.75, 3.05) is 14.2 Å². The maximum Gasteiger partial charge on any atom is 0.161 e. The summed E-state index contributed by atoms with van der Waals surface area (Å²) in [5, 5.41) is 10.5. The maximum atomic E-state index is 10.5. The van der Waals surface area contributed by atoms with Gasteiger partial charge in [0.1, 0.15) is 0 Å². The number of ether oxygens (including phenoxy) is 2. The first kappa shape index (κ1) is 16.3. The highest BCUT2D eigenvalue weighted by Crippen LogP contribution is 2.37. The van der Waals surface area contributed by atoms with E-state index in [2.05, 4.69) is 31.9 Å². The normalized spacial score (nSPS) is 12.0. The van der Waals surface area contributed by atoms with E-state index in [1.54, 1.807) is 26.4 Å². The van der Waals surface area contributed by atoms with E-state index < -0.39 is 6.10 Å². The van der Waals surface area contributed by atoms with Crippen LogP contribution in [0, 0.1) is 0 Å². The number of halogens is 2. The molecule has 0 amide bonds. The second-order valence-electron chi connectivity index (χ2n) is 4.54. The van der Waals surface area contributed by atoms with Gasteiger partial charge in [0.05, 0.1) is 20.3 Å². The van der Waals surface area contributed by atoms with Gasteiger partial charge in [-0.3, -0.25) is 0 Å². The van der Waals surface area contributed by atoms with Gasteiger partial charge in [0, 0.05) is 15.4 Å². The second-order valence-corrected chi connectivity index (χ2v) is 6.25. The zero-order valence-corrected chi connectivity index (χ0v) is 14.9. The largest absolute Gasteiger partial charge is 0.493 e. The van der Waals surface area contributed by atoms with Crippen molar-refractivity contribution in [3.63, 3.8) is 0 Å². The summed E-state index contributed by atoms with van der Waals surface area (Å²) in [6.45, 7) is 0. The minimum absolute atomic E-state index is 0.509. The molecule has 0 fully saturated rings. The Kier molecular flexibility index (Phi) is 5.67. The molecule has 2 aromatic carbocycles. The van der Waals surface area contributed by atoms with Crippen LogP contribution in [0.5, 0.6) is 11.5 Å². The quantitative estimate of drug-likeness (QED) is 0.780. The minimum atomic E-state index is -0.641. The number of aliphatic hydroxyl groups excluding tert-OH is 1. The van der Waals surface area contributed by atoms with Crippen LogP contribution in [0.3, 0.4) is 0 Å². The standard InChI is InChI=1S/C16H16Br2O3/c1-20-15-8-11(13(18)9-16(15)21-2)14(19)7-10-5-3-4-6-12(10)17/h3-6,8-9,14,19H,7H2,1-2H3. The first-order valence-corrected chi connectivity index (χ1v) is 7.98. The van der Waals surface area contributed by atoms with Crippen LogP contribution in [0.2, 0.25) is 0 Å². The van der Waals surface area contributed by atoms with Gasteiger partial charge >= 0.3 is 0 Å². The molecule has 2 rings (SSSR count). The Bertz CT molecular complexity index is 629. The Hall–Kier alpha value is -1.04. The van der Waals surface area contributed by atoms with Crippen LogP contribution in [0.15, 0.2) is 45.3 Å². The zero-order chi connectivity index (χ0) is 15.4. The molecule has 0 aliphatic carbocycles. The molecule has 2 aromatic rings. The minimum Gasteiger partial charge on any atom is -0.493 e. The average molecular weight is 416 g/mol. The Labute approximate surface area is 141 Å². The molecule has 0 saturated carbocycles.